The summed E-state index contributed by atoms with van der Waals surface area (Å²) < 4.78 is 41.2. The van der Waals surface area contributed by atoms with Gasteiger partial charge in [0, 0.05) is 16.5 Å². The van der Waals surface area contributed by atoms with Crippen molar-refractivity contribution in [3.05, 3.63) is 36.4 Å². The smallest absolute Gasteiger partial charge is 0.405 e. The Labute approximate surface area is 118 Å². The molecule has 2 aromatic rings. The molecule has 0 fully saturated rings. The minimum absolute atomic E-state index is 0.391. The summed E-state index contributed by atoms with van der Waals surface area (Å²) in [6, 6.07) is 10.3. The topological polar surface area (TPSA) is 64.3 Å². The summed E-state index contributed by atoms with van der Waals surface area (Å²) >= 11 is 0. The molecule has 0 bridgehead atoms. The molecule has 0 atom stereocenters. The van der Waals surface area contributed by atoms with E-state index >= 15 is 0 Å². The molecule has 0 aliphatic carbocycles. The lowest BCUT2D eigenvalue weighted by Gasteiger charge is -2.12. The number of rotatable bonds is 4. The van der Waals surface area contributed by atoms with Gasteiger partial charge in [0.1, 0.15) is 12.3 Å². The second-order valence-electron chi connectivity index (χ2n) is 4.38. The van der Waals surface area contributed by atoms with Crippen LogP contribution < -0.4 is 15.8 Å². The molecule has 0 aromatic heterocycles. The monoisotopic (exact) mass is 298 g/mol. The highest BCUT2D eigenvalue weighted by Crippen LogP contribution is 2.29. The van der Waals surface area contributed by atoms with Crippen molar-refractivity contribution in [2.45, 2.75) is 6.18 Å². The normalized spacial score (nSPS) is 11.4. The highest BCUT2D eigenvalue weighted by molar-refractivity contribution is 5.97. The van der Waals surface area contributed by atoms with Crippen LogP contribution in [0.5, 0.6) is 5.75 Å². The van der Waals surface area contributed by atoms with Gasteiger partial charge < -0.3 is 15.8 Å². The molecule has 2 rings (SSSR count). The van der Waals surface area contributed by atoms with E-state index in [4.69, 9.17) is 10.5 Å². The average molecular weight is 298 g/mol. The van der Waals surface area contributed by atoms with Crippen LogP contribution in [0.3, 0.4) is 0 Å². The number of nitrogen functional groups attached to an aromatic ring is 1. The molecule has 4 nitrogen and oxygen atoms in total. The molecule has 3 N–H and O–H groups in total. The van der Waals surface area contributed by atoms with E-state index in [1.54, 1.807) is 41.7 Å². The van der Waals surface area contributed by atoms with Crippen LogP contribution in [0.4, 0.5) is 18.9 Å². The van der Waals surface area contributed by atoms with E-state index in [1.165, 1.54) is 0 Å². The molecule has 0 saturated heterocycles. The molecular weight excluding hydrogens is 285 g/mol. The van der Waals surface area contributed by atoms with Crippen molar-refractivity contribution < 1.29 is 22.7 Å². The number of anilines is 1. The molecule has 112 valence electrons. The van der Waals surface area contributed by atoms with E-state index in [0.29, 0.717) is 16.8 Å². The first-order valence-electron chi connectivity index (χ1n) is 6.10. The number of hydrogen-bond acceptors (Lipinski definition) is 3. The van der Waals surface area contributed by atoms with Gasteiger partial charge in [0.05, 0.1) is 0 Å². The third kappa shape index (κ3) is 4.01. The number of amides is 1. The summed E-state index contributed by atoms with van der Waals surface area (Å²) in [7, 11) is 0. The van der Waals surface area contributed by atoms with Crippen molar-refractivity contribution in [3.8, 4) is 5.75 Å². The van der Waals surface area contributed by atoms with E-state index in [0.717, 1.165) is 5.39 Å². The second-order valence-corrected chi connectivity index (χ2v) is 4.38. The zero-order chi connectivity index (χ0) is 15.5. The van der Waals surface area contributed by atoms with Gasteiger partial charge in [0.15, 0.2) is 6.61 Å². The lowest BCUT2D eigenvalue weighted by atomic mass is 10.1. The molecule has 0 aliphatic heterocycles. The Morgan fingerprint density at radius 1 is 1.14 bits per heavy atom. The van der Waals surface area contributed by atoms with Crippen molar-refractivity contribution in [2.75, 3.05) is 18.9 Å². The van der Waals surface area contributed by atoms with Gasteiger partial charge in [-0.15, -0.1) is 0 Å². The van der Waals surface area contributed by atoms with Crippen LogP contribution in [0.15, 0.2) is 36.4 Å². The van der Waals surface area contributed by atoms with Crippen molar-refractivity contribution in [2.24, 2.45) is 0 Å². The Morgan fingerprint density at radius 3 is 2.48 bits per heavy atom. The van der Waals surface area contributed by atoms with Gasteiger partial charge in [-0.1, -0.05) is 24.3 Å². The van der Waals surface area contributed by atoms with Gasteiger partial charge in [0.25, 0.3) is 5.91 Å². The molecule has 7 heteroatoms. The molecule has 1 amide bonds. The van der Waals surface area contributed by atoms with Gasteiger partial charge in [-0.2, -0.15) is 13.2 Å². The zero-order valence-corrected chi connectivity index (χ0v) is 10.9. The SMILES string of the molecule is Nc1ccc(OCC(=O)NCC(F)(F)F)c2ccccc12. The summed E-state index contributed by atoms with van der Waals surface area (Å²) in [6.07, 6.45) is -4.44. The Kier molecular flexibility index (Phi) is 4.21. The first kappa shape index (κ1) is 15.0. The lowest BCUT2D eigenvalue weighted by molar-refractivity contribution is -0.139. The summed E-state index contributed by atoms with van der Waals surface area (Å²) in [4.78, 5) is 11.3. The van der Waals surface area contributed by atoms with Crippen LogP contribution in [0.1, 0.15) is 0 Å². The Bertz CT molecular complexity index is 656. The Balaban J connectivity index is 2.04. The molecule has 0 radical (unpaired) electrons. The van der Waals surface area contributed by atoms with Crippen LogP contribution in [0, 0.1) is 0 Å². The first-order valence-corrected chi connectivity index (χ1v) is 6.10. The largest absolute Gasteiger partial charge is 0.483 e. The number of fused-ring (bicyclic) bond motifs is 1. The minimum atomic E-state index is -4.44. The van der Waals surface area contributed by atoms with Crippen molar-refractivity contribution in [1.29, 1.82) is 0 Å². The van der Waals surface area contributed by atoms with E-state index in [2.05, 4.69) is 0 Å². The number of hydrogen-bond donors (Lipinski definition) is 2. The van der Waals surface area contributed by atoms with E-state index in [-0.39, 0.29) is 0 Å². The highest BCUT2D eigenvalue weighted by atomic mass is 19.4. The maximum absolute atomic E-state index is 12.0. The summed E-state index contributed by atoms with van der Waals surface area (Å²) in [5.74, 6) is -0.449. The van der Waals surface area contributed by atoms with Crippen LogP contribution in [0.2, 0.25) is 0 Å². The Morgan fingerprint density at radius 2 is 1.81 bits per heavy atom. The number of nitrogens with one attached hydrogen (secondary N) is 1. The predicted molar refractivity (Wildman–Crippen MR) is 72.9 cm³/mol. The minimum Gasteiger partial charge on any atom is -0.483 e. The van der Waals surface area contributed by atoms with Crippen molar-refractivity contribution in [3.63, 3.8) is 0 Å². The van der Waals surface area contributed by atoms with Crippen molar-refractivity contribution >= 4 is 22.4 Å². The highest BCUT2D eigenvalue weighted by Gasteiger charge is 2.27. The molecule has 0 spiro atoms. The third-order valence-electron chi connectivity index (χ3n) is 2.76. The summed E-state index contributed by atoms with van der Waals surface area (Å²) in [5.41, 5.74) is 6.37. The van der Waals surface area contributed by atoms with Crippen LogP contribution in [-0.4, -0.2) is 25.2 Å². The van der Waals surface area contributed by atoms with Crippen LogP contribution in [0.25, 0.3) is 10.8 Å². The first-order chi connectivity index (χ1) is 9.87. The fourth-order valence-electron chi connectivity index (χ4n) is 1.81. The maximum atomic E-state index is 12.0. The number of carbonyl (C=O) groups is 1. The Hall–Kier alpha value is -2.44. The van der Waals surface area contributed by atoms with E-state index in [1.807, 2.05) is 0 Å². The molecule has 0 unspecified atom stereocenters. The second kappa shape index (κ2) is 5.90. The van der Waals surface area contributed by atoms with E-state index in [9.17, 15) is 18.0 Å². The third-order valence-corrected chi connectivity index (χ3v) is 2.76. The number of ether oxygens (including phenoxy) is 1. The van der Waals surface area contributed by atoms with E-state index < -0.39 is 25.2 Å². The standard InChI is InChI=1S/C14H13F3N2O2/c15-14(16,17)8-19-13(20)7-21-12-6-5-11(18)9-3-1-2-4-10(9)12/h1-6H,7-8,18H2,(H,19,20). The van der Waals surface area contributed by atoms with Gasteiger partial charge in [-0.25, -0.2) is 0 Å². The van der Waals surface area contributed by atoms with Gasteiger partial charge in [0.2, 0.25) is 0 Å². The summed E-state index contributed by atoms with van der Waals surface area (Å²) in [6.45, 7) is -1.87. The molecule has 0 aliphatic rings. The van der Waals surface area contributed by atoms with Crippen LogP contribution >= 0.6 is 0 Å². The summed E-state index contributed by atoms with van der Waals surface area (Å²) in [5, 5.41) is 3.19. The molecular formula is C14H13F3N2O2. The molecule has 0 heterocycles. The number of nitrogens with two attached hydrogens (primary N) is 1. The maximum Gasteiger partial charge on any atom is 0.405 e. The fraction of sp³-hybridized carbons (Fsp3) is 0.214. The van der Waals surface area contributed by atoms with Gasteiger partial charge in [-0.3, -0.25) is 4.79 Å². The zero-order valence-electron chi connectivity index (χ0n) is 10.9. The number of halogens is 3. The van der Waals surface area contributed by atoms with Gasteiger partial charge >= 0.3 is 6.18 Å². The quantitative estimate of drug-likeness (QED) is 0.852. The number of carbonyl (C=O) groups excluding carboxylic acids is 1. The molecule has 2 aromatic carbocycles. The number of alkyl halides is 3. The number of benzene rings is 2. The molecule has 0 saturated carbocycles. The average Bonchev–Trinajstić information content (AvgIpc) is 2.44. The fourth-order valence-corrected chi connectivity index (χ4v) is 1.81. The van der Waals surface area contributed by atoms with Gasteiger partial charge in [-0.05, 0) is 12.1 Å². The lowest BCUT2D eigenvalue weighted by Crippen LogP contribution is -2.36. The van der Waals surface area contributed by atoms with Crippen molar-refractivity contribution in [1.82, 2.24) is 5.32 Å². The predicted octanol–water partition coefficient (Wildman–Crippen LogP) is 2.48. The molecule has 21 heavy (non-hydrogen) atoms. The van der Waals surface area contributed by atoms with Crippen LogP contribution in [-0.2, 0) is 4.79 Å².